The molecule has 0 bridgehead atoms. The van der Waals surface area contributed by atoms with Gasteiger partial charge < -0.3 is 20.4 Å². The summed E-state index contributed by atoms with van der Waals surface area (Å²) in [5.41, 5.74) is 0. The minimum absolute atomic E-state index is 0.125. The number of aliphatic hydroxyl groups is 3. The second kappa shape index (κ2) is 33.9. The van der Waals surface area contributed by atoms with Crippen molar-refractivity contribution in [1.29, 1.82) is 0 Å². The highest BCUT2D eigenvalue weighted by atomic mass is 16.4. The van der Waals surface area contributed by atoms with Gasteiger partial charge in [-0.15, -0.1) is 0 Å². The van der Waals surface area contributed by atoms with Crippen molar-refractivity contribution in [3.8, 4) is 0 Å². The van der Waals surface area contributed by atoms with Crippen LogP contribution in [-0.4, -0.2) is 46.2 Å². The van der Waals surface area contributed by atoms with Crippen LogP contribution in [0.5, 0.6) is 0 Å². The van der Waals surface area contributed by atoms with Gasteiger partial charge in [-0.25, -0.2) is 0 Å². The Balaban J connectivity index is -0.000000656. The first-order chi connectivity index (χ1) is 13.6. The average molecular weight is 407 g/mol. The molecule has 28 heavy (non-hydrogen) atoms. The summed E-state index contributed by atoms with van der Waals surface area (Å²) in [5, 5.41) is 31.6. The molecule has 0 aromatic carbocycles. The van der Waals surface area contributed by atoms with Gasteiger partial charge in [-0.1, -0.05) is 104 Å². The van der Waals surface area contributed by atoms with Crippen molar-refractivity contribution < 1.29 is 25.2 Å². The summed E-state index contributed by atoms with van der Waals surface area (Å²) >= 11 is 0. The van der Waals surface area contributed by atoms with Crippen LogP contribution in [0.25, 0.3) is 0 Å². The lowest BCUT2D eigenvalue weighted by Gasteiger charge is -2.03. The molecule has 0 amide bonds. The van der Waals surface area contributed by atoms with Gasteiger partial charge in [-0.3, -0.25) is 4.79 Å². The lowest BCUT2D eigenvalue weighted by atomic mass is 10.0. The maximum Gasteiger partial charge on any atom is 0.303 e. The number of hydrogen-bond acceptors (Lipinski definition) is 4. The second-order valence-electron chi connectivity index (χ2n) is 7.26. The maximum atomic E-state index is 10.3. The SMILES string of the molecule is CCCCCCCCCCCCCCCCCC(=O)O.CCCO.OCCO. The van der Waals surface area contributed by atoms with Crippen molar-refractivity contribution in [2.45, 2.75) is 123 Å². The summed E-state index contributed by atoms with van der Waals surface area (Å²) in [6, 6.07) is 0. The molecule has 0 aliphatic heterocycles. The van der Waals surface area contributed by atoms with E-state index in [1.807, 2.05) is 6.92 Å². The van der Waals surface area contributed by atoms with E-state index in [2.05, 4.69) is 6.92 Å². The molecular formula is C23H50O5. The zero-order chi connectivity index (χ0) is 21.7. The quantitative estimate of drug-likeness (QED) is 0.219. The minimum Gasteiger partial charge on any atom is -0.481 e. The predicted molar refractivity (Wildman–Crippen MR) is 119 cm³/mol. The molecule has 0 aromatic heterocycles. The molecule has 0 atom stereocenters. The maximum absolute atomic E-state index is 10.3. The Hall–Kier alpha value is -0.650. The van der Waals surface area contributed by atoms with Crippen LogP contribution < -0.4 is 0 Å². The van der Waals surface area contributed by atoms with E-state index in [4.69, 9.17) is 20.4 Å². The Morgan fingerprint density at radius 3 is 1.00 bits per heavy atom. The molecule has 0 saturated heterocycles. The van der Waals surface area contributed by atoms with E-state index >= 15 is 0 Å². The van der Waals surface area contributed by atoms with E-state index in [1.54, 1.807) is 0 Å². The van der Waals surface area contributed by atoms with Crippen LogP contribution >= 0.6 is 0 Å². The molecule has 4 N–H and O–H groups in total. The molecule has 0 saturated carbocycles. The largest absolute Gasteiger partial charge is 0.481 e. The number of aliphatic hydroxyl groups excluding tert-OH is 3. The second-order valence-corrected chi connectivity index (χ2v) is 7.26. The van der Waals surface area contributed by atoms with Crippen molar-refractivity contribution in [3.63, 3.8) is 0 Å². The molecule has 172 valence electrons. The Morgan fingerprint density at radius 1 is 0.500 bits per heavy atom. The average Bonchev–Trinajstić information content (AvgIpc) is 2.71. The van der Waals surface area contributed by atoms with Gasteiger partial charge in [-0.2, -0.15) is 0 Å². The summed E-state index contributed by atoms with van der Waals surface area (Å²) in [6.07, 6.45) is 21.1. The smallest absolute Gasteiger partial charge is 0.303 e. The summed E-state index contributed by atoms with van der Waals surface area (Å²) in [7, 11) is 0. The molecule has 0 aliphatic rings. The van der Waals surface area contributed by atoms with Gasteiger partial charge in [0.2, 0.25) is 0 Å². The van der Waals surface area contributed by atoms with Gasteiger partial charge in [-0.05, 0) is 12.8 Å². The zero-order valence-electron chi connectivity index (χ0n) is 18.8. The molecule has 0 unspecified atom stereocenters. The van der Waals surface area contributed by atoms with E-state index in [0.717, 1.165) is 19.3 Å². The van der Waals surface area contributed by atoms with Crippen LogP contribution in [0, 0.1) is 0 Å². The van der Waals surface area contributed by atoms with Crippen molar-refractivity contribution in [2.24, 2.45) is 0 Å². The summed E-state index contributed by atoms with van der Waals surface area (Å²) in [5.74, 6) is -0.653. The van der Waals surface area contributed by atoms with Crippen LogP contribution in [-0.2, 0) is 4.79 Å². The highest BCUT2D eigenvalue weighted by Crippen LogP contribution is 2.13. The van der Waals surface area contributed by atoms with Crippen molar-refractivity contribution in [2.75, 3.05) is 19.8 Å². The van der Waals surface area contributed by atoms with Gasteiger partial charge >= 0.3 is 5.97 Å². The number of carboxylic acids is 1. The van der Waals surface area contributed by atoms with Gasteiger partial charge in [0.05, 0.1) is 13.2 Å². The summed E-state index contributed by atoms with van der Waals surface area (Å²) < 4.78 is 0. The van der Waals surface area contributed by atoms with Crippen molar-refractivity contribution in [3.05, 3.63) is 0 Å². The van der Waals surface area contributed by atoms with Crippen LogP contribution in [0.4, 0.5) is 0 Å². The van der Waals surface area contributed by atoms with E-state index in [-0.39, 0.29) is 13.2 Å². The van der Waals surface area contributed by atoms with Gasteiger partial charge in [0.1, 0.15) is 0 Å². The van der Waals surface area contributed by atoms with Crippen molar-refractivity contribution >= 4 is 5.97 Å². The van der Waals surface area contributed by atoms with Crippen molar-refractivity contribution in [1.82, 2.24) is 0 Å². The molecule has 0 spiro atoms. The number of hydrogen-bond donors (Lipinski definition) is 4. The predicted octanol–water partition coefficient (Wildman–Crippen LogP) is 5.69. The Kier molecular flexibility index (Phi) is 38.8. The fraction of sp³-hybridized carbons (Fsp3) is 0.957. The molecule has 5 nitrogen and oxygen atoms in total. The normalized spacial score (nSPS) is 9.89. The van der Waals surface area contributed by atoms with Gasteiger partial charge in [0.15, 0.2) is 0 Å². The van der Waals surface area contributed by atoms with E-state index in [9.17, 15) is 4.79 Å². The molecule has 0 aliphatic carbocycles. The standard InChI is InChI=1S/C18H36O2.C3H8O.C2H6O2/c1-2-3-4-5-6-7-8-9-10-11-12-13-14-15-16-17-18(19)20;1-2-3-4;3-1-2-4/h2-17H2,1H3,(H,19,20);4H,2-3H2,1H3;3-4H,1-2H2. The molecule has 0 radical (unpaired) electrons. The Labute approximate surface area is 174 Å². The van der Waals surface area contributed by atoms with E-state index in [0.29, 0.717) is 13.0 Å². The third-order valence-corrected chi connectivity index (χ3v) is 4.32. The highest BCUT2D eigenvalue weighted by molar-refractivity contribution is 5.66. The lowest BCUT2D eigenvalue weighted by molar-refractivity contribution is -0.137. The fourth-order valence-electron chi connectivity index (χ4n) is 2.65. The number of carbonyl (C=O) groups is 1. The number of aliphatic carboxylic acids is 1. The van der Waals surface area contributed by atoms with Crippen LogP contribution in [0.2, 0.25) is 0 Å². The minimum atomic E-state index is -0.653. The van der Waals surface area contributed by atoms with E-state index < -0.39 is 5.97 Å². The van der Waals surface area contributed by atoms with E-state index in [1.165, 1.54) is 83.5 Å². The van der Waals surface area contributed by atoms with Gasteiger partial charge in [0, 0.05) is 13.0 Å². The lowest BCUT2D eigenvalue weighted by Crippen LogP contribution is -1.93. The monoisotopic (exact) mass is 406 g/mol. The van der Waals surface area contributed by atoms with Gasteiger partial charge in [0.25, 0.3) is 0 Å². The fourth-order valence-corrected chi connectivity index (χ4v) is 2.65. The molecule has 0 aromatic rings. The molecule has 0 fully saturated rings. The first kappa shape index (κ1) is 32.0. The molecule has 5 heteroatoms. The molecular weight excluding hydrogens is 356 g/mol. The first-order valence-corrected chi connectivity index (χ1v) is 11.6. The third kappa shape index (κ3) is 44.6. The number of unbranched alkanes of at least 4 members (excludes halogenated alkanes) is 14. The van der Waals surface area contributed by atoms with Crippen LogP contribution in [0.1, 0.15) is 123 Å². The Bertz CT molecular complexity index is 251. The Morgan fingerprint density at radius 2 is 0.786 bits per heavy atom. The summed E-state index contributed by atoms with van der Waals surface area (Å²) in [6.45, 7) is 4.27. The topological polar surface area (TPSA) is 98.0 Å². The zero-order valence-corrected chi connectivity index (χ0v) is 18.8. The van der Waals surface area contributed by atoms with Crippen LogP contribution in [0.15, 0.2) is 0 Å². The number of carboxylic acid groups (broad SMARTS) is 1. The highest BCUT2D eigenvalue weighted by Gasteiger charge is 1.97. The number of rotatable bonds is 18. The third-order valence-electron chi connectivity index (χ3n) is 4.32. The molecule has 0 heterocycles. The molecule has 0 rings (SSSR count). The van der Waals surface area contributed by atoms with Crippen LogP contribution in [0.3, 0.4) is 0 Å². The first-order valence-electron chi connectivity index (χ1n) is 11.6. The summed E-state index contributed by atoms with van der Waals surface area (Å²) in [4.78, 5) is 10.3.